The van der Waals surface area contributed by atoms with Gasteiger partial charge in [0.15, 0.2) is 0 Å². The molecular weight excluding hydrogens is 152 g/mol. The number of methoxy groups -OCH3 is 1. The highest BCUT2D eigenvalue weighted by Crippen LogP contribution is 2.08. The van der Waals surface area contributed by atoms with Gasteiger partial charge in [0.25, 0.3) is 0 Å². The van der Waals surface area contributed by atoms with Crippen molar-refractivity contribution in [3.63, 3.8) is 0 Å². The molecule has 0 saturated carbocycles. The third kappa shape index (κ3) is 4.16. The molecule has 0 aliphatic carbocycles. The molecule has 0 spiro atoms. The van der Waals surface area contributed by atoms with Gasteiger partial charge in [-0.2, -0.15) is 0 Å². The second kappa shape index (κ2) is 6.89. The van der Waals surface area contributed by atoms with Crippen LogP contribution in [-0.2, 0) is 9.53 Å². The van der Waals surface area contributed by atoms with Crippen molar-refractivity contribution >= 4 is 5.97 Å². The average Bonchev–Trinajstić information content (AvgIpc) is 2.11. The number of hydrogen-bond donors (Lipinski definition) is 0. The first kappa shape index (κ1) is 11.2. The van der Waals surface area contributed by atoms with Crippen molar-refractivity contribution in [1.82, 2.24) is 0 Å². The van der Waals surface area contributed by atoms with Gasteiger partial charge in [-0.25, -0.2) is 4.79 Å². The topological polar surface area (TPSA) is 26.3 Å². The van der Waals surface area contributed by atoms with E-state index in [1.165, 1.54) is 7.11 Å². The average molecular weight is 170 g/mol. The molecule has 2 nitrogen and oxygen atoms in total. The molecule has 0 aromatic heterocycles. The van der Waals surface area contributed by atoms with Crippen LogP contribution >= 0.6 is 0 Å². The zero-order valence-electron chi connectivity index (χ0n) is 8.22. The highest BCUT2D eigenvalue weighted by Gasteiger charge is 2.06. The molecule has 0 bridgehead atoms. The van der Waals surface area contributed by atoms with E-state index in [4.69, 9.17) is 0 Å². The summed E-state index contributed by atoms with van der Waals surface area (Å²) in [5.41, 5.74) is 0.821. The molecule has 12 heavy (non-hydrogen) atoms. The van der Waals surface area contributed by atoms with E-state index in [1.54, 1.807) is 0 Å². The van der Waals surface area contributed by atoms with Crippen molar-refractivity contribution < 1.29 is 9.53 Å². The highest BCUT2D eigenvalue weighted by molar-refractivity contribution is 5.88. The van der Waals surface area contributed by atoms with E-state index in [2.05, 4.69) is 18.6 Å². The molecule has 0 aromatic rings. The molecule has 0 N–H and O–H groups in total. The van der Waals surface area contributed by atoms with Crippen LogP contribution < -0.4 is 0 Å². The maximum absolute atomic E-state index is 11.1. The van der Waals surface area contributed by atoms with E-state index in [9.17, 15) is 4.79 Å². The van der Waals surface area contributed by atoms with Crippen LogP contribution in [0.2, 0.25) is 0 Å². The molecular formula is C10H18O2. The summed E-state index contributed by atoms with van der Waals surface area (Å²) in [6.07, 6.45) is 5.83. The lowest BCUT2D eigenvalue weighted by molar-refractivity contribution is -0.136. The Hall–Kier alpha value is -0.790. The second-order valence-corrected chi connectivity index (χ2v) is 2.76. The van der Waals surface area contributed by atoms with E-state index in [0.717, 1.165) is 31.3 Å². The second-order valence-electron chi connectivity index (χ2n) is 2.76. The zero-order chi connectivity index (χ0) is 9.40. The summed E-state index contributed by atoms with van der Waals surface area (Å²) in [5.74, 6) is -0.176. The third-order valence-electron chi connectivity index (χ3n) is 1.65. The van der Waals surface area contributed by atoms with Crippen LogP contribution in [0.1, 0.15) is 39.5 Å². The van der Waals surface area contributed by atoms with Gasteiger partial charge in [0.05, 0.1) is 7.11 Å². The first-order chi connectivity index (χ1) is 5.76. The molecule has 0 amide bonds. The molecule has 0 saturated heterocycles. The minimum Gasteiger partial charge on any atom is -0.466 e. The number of hydrogen-bond acceptors (Lipinski definition) is 2. The molecule has 0 aliphatic rings. The molecule has 70 valence electrons. The number of ether oxygens (including phenoxy) is 1. The lowest BCUT2D eigenvalue weighted by Crippen LogP contribution is -2.04. The SMILES string of the molecule is CCC/C=C(\CCC)C(=O)OC. The summed E-state index contributed by atoms with van der Waals surface area (Å²) < 4.78 is 4.65. The molecule has 0 unspecified atom stereocenters. The lowest BCUT2D eigenvalue weighted by atomic mass is 10.1. The van der Waals surface area contributed by atoms with Crippen LogP contribution in [0.5, 0.6) is 0 Å². The maximum Gasteiger partial charge on any atom is 0.333 e. The molecule has 0 aliphatic heterocycles. The third-order valence-corrected chi connectivity index (χ3v) is 1.65. The molecule has 0 atom stereocenters. The Balaban J connectivity index is 4.11. The summed E-state index contributed by atoms with van der Waals surface area (Å²) in [5, 5.41) is 0. The predicted octanol–water partition coefficient (Wildman–Crippen LogP) is 2.69. The Morgan fingerprint density at radius 1 is 1.33 bits per heavy atom. The van der Waals surface area contributed by atoms with E-state index in [-0.39, 0.29) is 5.97 Å². The van der Waals surface area contributed by atoms with Crippen LogP contribution in [0.25, 0.3) is 0 Å². The Kier molecular flexibility index (Phi) is 6.44. The van der Waals surface area contributed by atoms with Gasteiger partial charge in [0, 0.05) is 5.57 Å². The van der Waals surface area contributed by atoms with Gasteiger partial charge in [-0.1, -0.05) is 32.8 Å². The number of carbonyl (C=O) groups is 1. The monoisotopic (exact) mass is 170 g/mol. The summed E-state index contributed by atoms with van der Waals surface area (Å²) >= 11 is 0. The van der Waals surface area contributed by atoms with E-state index in [0.29, 0.717) is 0 Å². The van der Waals surface area contributed by atoms with E-state index >= 15 is 0 Å². The van der Waals surface area contributed by atoms with Crippen LogP contribution in [0.4, 0.5) is 0 Å². The molecule has 0 heterocycles. The number of carbonyl (C=O) groups excluding carboxylic acids is 1. The summed E-state index contributed by atoms with van der Waals surface area (Å²) in [6.45, 7) is 4.15. The quantitative estimate of drug-likeness (QED) is 0.468. The maximum atomic E-state index is 11.1. The van der Waals surface area contributed by atoms with Crippen LogP contribution in [0.3, 0.4) is 0 Å². The fourth-order valence-corrected chi connectivity index (χ4v) is 1.01. The van der Waals surface area contributed by atoms with Crippen molar-refractivity contribution in [2.45, 2.75) is 39.5 Å². The molecule has 0 fully saturated rings. The number of unbranched alkanes of at least 4 members (excludes halogenated alkanes) is 1. The molecule has 2 heteroatoms. The summed E-state index contributed by atoms with van der Waals surface area (Å²) in [7, 11) is 1.43. The fourth-order valence-electron chi connectivity index (χ4n) is 1.01. The highest BCUT2D eigenvalue weighted by atomic mass is 16.5. The summed E-state index contributed by atoms with van der Waals surface area (Å²) in [6, 6.07) is 0. The minimum absolute atomic E-state index is 0.176. The number of esters is 1. The van der Waals surface area contributed by atoms with Crippen LogP contribution in [0, 0.1) is 0 Å². The molecule has 0 aromatic carbocycles. The van der Waals surface area contributed by atoms with Gasteiger partial charge < -0.3 is 4.74 Å². The van der Waals surface area contributed by atoms with Crippen molar-refractivity contribution in [3.05, 3.63) is 11.6 Å². The van der Waals surface area contributed by atoms with Crippen molar-refractivity contribution in [1.29, 1.82) is 0 Å². The van der Waals surface area contributed by atoms with E-state index < -0.39 is 0 Å². The largest absolute Gasteiger partial charge is 0.466 e. The van der Waals surface area contributed by atoms with Crippen molar-refractivity contribution in [2.24, 2.45) is 0 Å². The standard InChI is InChI=1S/C10H18O2/c1-4-6-8-9(7-5-2)10(11)12-3/h8H,4-7H2,1-3H3/b9-8+. The first-order valence-electron chi connectivity index (χ1n) is 4.53. The van der Waals surface area contributed by atoms with Gasteiger partial charge in [0.1, 0.15) is 0 Å². The predicted molar refractivity (Wildman–Crippen MR) is 49.9 cm³/mol. The lowest BCUT2D eigenvalue weighted by Gasteiger charge is -2.02. The van der Waals surface area contributed by atoms with Gasteiger partial charge in [-0.3, -0.25) is 0 Å². The zero-order valence-corrected chi connectivity index (χ0v) is 8.22. The Labute approximate surface area is 74.6 Å². The normalized spacial score (nSPS) is 11.4. The smallest absolute Gasteiger partial charge is 0.333 e. The van der Waals surface area contributed by atoms with Gasteiger partial charge in [0.2, 0.25) is 0 Å². The van der Waals surface area contributed by atoms with E-state index in [1.807, 2.05) is 6.08 Å². The summed E-state index contributed by atoms with van der Waals surface area (Å²) in [4.78, 5) is 11.1. The Morgan fingerprint density at radius 3 is 2.42 bits per heavy atom. The van der Waals surface area contributed by atoms with Crippen molar-refractivity contribution in [2.75, 3.05) is 7.11 Å². The molecule has 0 radical (unpaired) electrons. The van der Waals surface area contributed by atoms with Gasteiger partial charge in [-0.05, 0) is 12.8 Å². The number of rotatable bonds is 5. The Bertz CT molecular complexity index is 159. The van der Waals surface area contributed by atoms with Crippen molar-refractivity contribution in [3.8, 4) is 0 Å². The van der Waals surface area contributed by atoms with Gasteiger partial charge in [-0.15, -0.1) is 0 Å². The van der Waals surface area contributed by atoms with Crippen LogP contribution in [0.15, 0.2) is 11.6 Å². The minimum atomic E-state index is -0.176. The fraction of sp³-hybridized carbons (Fsp3) is 0.700. The molecule has 0 rings (SSSR count). The first-order valence-corrected chi connectivity index (χ1v) is 4.53. The Morgan fingerprint density at radius 2 is 2.00 bits per heavy atom. The van der Waals surface area contributed by atoms with Crippen LogP contribution in [-0.4, -0.2) is 13.1 Å². The number of allylic oxidation sites excluding steroid dienone is 1. The van der Waals surface area contributed by atoms with Gasteiger partial charge >= 0.3 is 5.97 Å².